The highest BCUT2D eigenvalue weighted by Gasteiger charge is 2.10. The molecule has 3 aromatic rings. The van der Waals surface area contributed by atoms with E-state index in [1.165, 1.54) is 0 Å². The van der Waals surface area contributed by atoms with E-state index in [1.54, 1.807) is 24.3 Å². The van der Waals surface area contributed by atoms with Crippen molar-refractivity contribution in [1.82, 2.24) is 9.97 Å². The van der Waals surface area contributed by atoms with Crippen LogP contribution < -0.4 is 11.3 Å². The Balaban J connectivity index is 2.33. The molecule has 5 heteroatoms. The molecule has 1 heterocycles. The van der Waals surface area contributed by atoms with E-state index < -0.39 is 0 Å². The lowest BCUT2D eigenvalue weighted by atomic mass is 10.1. The number of fused-ring (bicyclic) bond motifs is 1. The fourth-order valence-corrected chi connectivity index (χ4v) is 2.12. The van der Waals surface area contributed by atoms with E-state index in [0.29, 0.717) is 27.3 Å². The second-order valence-electron chi connectivity index (χ2n) is 4.16. The highest BCUT2D eigenvalue weighted by Crippen LogP contribution is 2.26. The maximum atomic E-state index is 12.1. The predicted molar refractivity (Wildman–Crippen MR) is 77.2 cm³/mol. The van der Waals surface area contributed by atoms with Crippen LogP contribution in [0.5, 0.6) is 0 Å². The summed E-state index contributed by atoms with van der Waals surface area (Å²) >= 11 is 5.94. The van der Waals surface area contributed by atoms with Crippen molar-refractivity contribution in [2.24, 2.45) is 0 Å². The molecule has 0 amide bonds. The fraction of sp³-hybridized carbons (Fsp3) is 0. The quantitative estimate of drug-likeness (QED) is 0.669. The Bertz CT molecular complexity index is 826. The highest BCUT2D eigenvalue weighted by molar-refractivity contribution is 6.31. The molecule has 0 atom stereocenters. The summed E-state index contributed by atoms with van der Waals surface area (Å²) in [5, 5.41) is 0.513. The van der Waals surface area contributed by atoms with Crippen molar-refractivity contribution in [3.63, 3.8) is 0 Å². The zero-order valence-corrected chi connectivity index (χ0v) is 10.6. The van der Waals surface area contributed by atoms with Crippen molar-refractivity contribution in [2.45, 2.75) is 0 Å². The SMILES string of the molecule is Nc1ccc(Cl)cc1-c1nc2ccccc2[nH]c1=O. The fourth-order valence-electron chi connectivity index (χ4n) is 1.95. The molecule has 0 saturated heterocycles. The first-order valence-electron chi connectivity index (χ1n) is 5.69. The Morgan fingerprint density at radius 3 is 2.79 bits per heavy atom. The van der Waals surface area contributed by atoms with Gasteiger partial charge in [-0.2, -0.15) is 0 Å². The second kappa shape index (κ2) is 4.40. The number of H-pyrrole nitrogens is 1. The Hall–Kier alpha value is -2.33. The van der Waals surface area contributed by atoms with Crippen LogP contribution in [0.2, 0.25) is 5.02 Å². The van der Waals surface area contributed by atoms with Crippen molar-refractivity contribution in [2.75, 3.05) is 5.73 Å². The van der Waals surface area contributed by atoms with Crippen molar-refractivity contribution in [1.29, 1.82) is 0 Å². The number of hydrogen-bond donors (Lipinski definition) is 2. The van der Waals surface area contributed by atoms with Crippen molar-refractivity contribution in [3.05, 3.63) is 57.8 Å². The molecular weight excluding hydrogens is 262 g/mol. The number of benzene rings is 2. The Labute approximate surface area is 113 Å². The van der Waals surface area contributed by atoms with E-state index in [4.69, 9.17) is 17.3 Å². The summed E-state index contributed by atoms with van der Waals surface area (Å²) in [6, 6.07) is 12.3. The number of aromatic nitrogens is 2. The predicted octanol–water partition coefficient (Wildman–Crippen LogP) is 2.83. The number of nitrogens with one attached hydrogen (secondary N) is 1. The molecular formula is C14H10ClN3O. The van der Waals surface area contributed by atoms with Crippen LogP contribution in [0.25, 0.3) is 22.3 Å². The summed E-state index contributed by atoms with van der Waals surface area (Å²) in [5.41, 5.74) is 8.28. The number of anilines is 1. The number of nitrogens with two attached hydrogens (primary N) is 1. The van der Waals surface area contributed by atoms with Gasteiger partial charge in [0.2, 0.25) is 0 Å². The minimum absolute atomic E-state index is 0.277. The van der Waals surface area contributed by atoms with E-state index >= 15 is 0 Å². The third kappa shape index (κ3) is 2.06. The number of halogens is 1. The topological polar surface area (TPSA) is 71.8 Å². The molecule has 0 unspecified atom stereocenters. The summed E-state index contributed by atoms with van der Waals surface area (Å²) in [4.78, 5) is 19.2. The van der Waals surface area contributed by atoms with Crippen LogP contribution in [0, 0.1) is 0 Å². The average Bonchev–Trinajstić information content (AvgIpc) is 2.41. The molecule has 19 heavy (non-hydrogen) atoms. The third-order valence-electron chi connectivity index (χ3n) is 2.87. The van der Waals surface area contributed by atoms with E-state index in [9.17, 15) is 4.79 Å². The van der Waals surface area contributed by atoms with Crippen LogP contribution in [0.15, 0.2) is 47.3 Å². The van der Waals surface area contributed by atoms with E-state index in [2.05, 4.69) is 9.97 Å². The summed E-state index contributed by atoms with van der Waals surface area (Å²) in [5.74, 6) is 0. The molecule has 3 rings (SSSR count). The number of rotatable bonds is 1. The standard InChI is InChI=1S/C14H10ClN3O/c15-8-5-6-10(16)9(7-8)13-14(19)18-12-4-2-1-3-11(12)17-13/h1-7H,16H2,(H,18,19). The molecule has 0 aliphatic rings. The van der Waals surface area contributed by atoms with Crippen LogP contribution in [0.3, 0.4) is 0 Å². The largest absolute Gasteiger partial charge is 0.398 e. The Morgan fingerprint density at radius 2 is 1.95 bits per heavy atom. The summed E-state index contributed by atoms with van der Waals surface area (Å²) in [6.45, 7) is 0. The first-order valence-corrected chi connectivity index (χ1v) is 6.07. The van der Waals surface area contributed by atoms with Crippen LogP contribution in [-0.2, 0) is 0 Å². The van der Waals surface area contributed by atoms with Gasteiger partial charge in [-0.1, -0.05) is 23.7 Å². The number of nitrogens with zero attached hydrogens (tertiary/aromatic N) is 1. The van der Waals surface area contributed by atoms with Gasteiger partial charge in [0.25, 0.3) is 5.56 Å². The average molecular weight is 272 g/mol. The summed E-state index contributed by atoms with van der Waals surface area (Å²) in [6.07, 6.45) is 0. The van der Waals surface area contributed by atoms with Crippen LogP contribution >= 0.6 is 11.6 Å². The van der Waals surface area contributed by atoms with Gasteiger partial charge in [-0.15, -0.1) is 0 Å². The molecule has 4 nitrogen and oxygen atoms in total. The Kier molecular flexibility index (Phi) is 2.72. The third-order valence-corrected chi connectivity index (χ3v) is 3.11. The lowest BCUT2D eigenvalue weighted by Gasteiger charge is -2.06. The van der Waals surface area contributed by atoms with Gasteiger partial charge < -0.3 is 10.7 Å². The molecule has 0 bridgehead atoms. The summed E-state index contributed by atoms with van der Waals surface area (Å²) < 4.78 is 0. The molecule has 0 fully saturated rings. The van der Waals surface area contributed by atoms with Crippen LogP contribution in [-0.4, -0.2) is 9.97 Å². The van der Waals surface area contributed by atoms with Gasteiger partial charge in [-0.25, -0.2) is 4.98 Å². The van der Waals surface area contributed by atoms with Gasteiger partial charge in [0.05, 0.1) is 11.0 Å². The number of nitrogen functional groups attached to an aromatic ring is 1. The van der Waals surface area contributed by atoms with Crippen molar-refractivity contribution >= 4 is 28.3 Å². The van der Waals surface area contributed by atoms with Crippen molar-refractivity contribution < 1.29 is 0 Å². The van der Waals surface area contributed by atoms with E-state index in [-0.39, 0.29) is 11.3 Å². The monoisotopic (exact) mass is 271 g/mol. The van der Waals surface area contributed by atoms with Gasteiger partial charge in [-0.3, -0.25) is 4.79 Å². The molecule has 0 aliphatic carbocycles. The lowest BCUT2D eigenvalue weighted by molar-refractivity contribution is 1.22. The highest BCUT2D eigenvalue weighted by atomic mass is 35.5. The zero-order valence-electron chi connectivity index (χ0n) is 9.85. The molecule has 94 valence electrons. The lowest BCUT2D eigenvalue weighted by Crippen LogP contribution is -2.12. The molecule has 2 aromatic carbocycles. The first kappa shape index (κ1) is 11.7. The molecule has 3 N–H and O–H groups in total. The minimum Gasteiger partial charge on any atom is -0.398 e. The minimum atomic E-state index is -0.285. The van der Waals surface area contributed by atoms with Crippen molar-refractivity contribution in [3.8, 4) is 11.3 Å². The number of para-hydroxylation sites is 2. The maximum Gasteiger partial charge on any atom is 0.275 e. The smallest absolute Gasteiger partial charge is 0.275 e. The van der Waals surface area contributed by atoms with Gasteiger partial charge in [0.15, 0.2) is 0 Å². The molecule has 1 aromatic heterocycles. The first-order chi connectivity index (χ1) is 9.15. The van der Waals surface area contributed by atoms with E-state index in [1.807, 2.05) is 18.2 Å². The number of aromatic amines is 1. The van der Waals surface area contributed by atoms with Crippen LogP contribution in [0.1, 0.15) is 0 Å². The van der Waals surface area contributed by atoms with Gasteiger partial charge >= 0.3 is 0 Å². The molecule has 0 spiro atoms. The molecule has 0 saturated carbocycles. The summed E-state index contributed by atoms with van der Waals surface area (Å²) in [7, 11) is 0. The van der Waals surface area contributed by atoms with Crippen LogP contribution in [0.4, 0.5) is 5.69 Å². The van der Waals surface area contributed by atoms with Gasteiger partial charge in [-0.05, 0) is 30.3 Å². The second-order valence-corrected chi connectivity index (χ2v) is 4.60. The van der Waals surface area contributed by atoms with E-state index in [0.717, 1.165) is 0 Å². The Morgan fingerprint density at radius 1 is 1.16 bits per heavy atom. The number of hydrogen-bond acceptors (Lipinski definition) is 3. The van der Waals surface area contributed by atoms with Gasteiger partial charge in [0, 0.05) is 16.3 Å². The zero-order chi connectivity index (χ0) is 13.4. The maximum absolute atomic E-state index is 12.1. The molecule has 0 aliphatic heterocycles. The normalized spacial score (nSPS) is 10.8. The molecule has 0 radical (unpaired) electrons. The van der Waals surface area contributed by atoms with Gasteiger partial charge in [0.1, 0.15) is 5.69 Å².